The van der Waals surface area contributed by atoms with Crippen molar-refractivity contribution in [3.63, 3.8) is 0 Å². The predicted molar refractivity (Wildman–Crippen MR) is 242 cm³/mol. The SMILES string of the molecule is O=S(=O)([O-])c1cc(Cc2nc(Nc3ccccc3)nc(Nc3ccccc3)n2)ccc1/C=C/c1ccc(Nc2nc(Nc3ccccc3)nc(Nc3ccccc3)n2)cc1S(=O)(=O)[O-].[Na+].[Na+]. The number of hydrogen-bond acceptors (Lipinski definition) is 17. The Labute approximate surface area is 424 Å². The minimum absolute atomic E-state index is 0. The molecule has 8 rings (SSSR count). The number of benzene rings is 6. The molecule has 0 spiro atoms. The minimum atomic E-state index is -5.11. The summed E-state index contributed by atoms with van der Waals surface area (Å²) in [6, 6.07) is 44.9. The summed E-state index contributed by atoms with van der Waals surface area (Å²) in [5, 5.41) is 15.4. The van der Waals surface area contributed by atoms with Gasteiger partial charge >= 0.3 is 59.1 Å². The molecule has 0 amide bonds. The van der Waals surface area contributed by atoms with Gasteiger partial charge in [0.1, 0.15) is 26.1 Å². The average molecular weight is 936 g/mol. The molecule has 0 aliphatic rings. The fourth-order valence-electron chi connectivity index (χ4n) is 6.26. The van der Waals surface area contributed by atoms with E-state index in [0.29, 0.717) is 16.9 Å². The largest absolute Gasteiger partial charge is 1.00 e. The van der Waals surface area contributed by atoms with E-state index in [2.05, 4.69) is 56.5 Å². The third-order valence-electron chi connectivity index (χ3n) is 9.13. The van der Waals surface area contributed by atoms with Crippen LogP contribution in [-0.4, -0.2) is 55.8 Å². The summed E-state index contributed by atoms with van der Waals surface area (Å²) in [5.74, 6) is 1.04. The number of hydrogen-bond donors (Lipinski definition) is 5. The van der Waals surface area contributed by atoms with E-state index in [1.807, 2.05) is 121 Å². The van der Waals surface area contributed by atoms with Gasteiger partial charge in [0, 0.05) is 34.9 Å². The van der Waals surface area contributed by atoms with E-state index in [1.54, 1.807) is 6.07 Å². The molecule has 0 fully saturated rings. The Hall–Kier alpha value is -6.10. The third kappa shape index (κ3) is 13.7. The number of aromatic nitrogens is 6. The molecular weight excluding hydrogens is 901 g/mol. The Morgan fingerprint density at radius 1 is 0.394 bits per heavy atom. The van der Waals surface area contributed by atoms with E-state index in [-0.39, 0.29) is 118 Å². The van der Waals surface area contributed by atoms with Crippen molar-refractivity contribution in [1.82, 2.24) is 29.9 Å². The molecule has 0 aliphatic heterocycles. The molecule has 320 valence electrons. The normalized spacial score (nSPS) is 11.2. The van der Waals surface area contributed by atoms with E-state index in [1.165, 1.54) is 36.4 Å². The van der Waals surface area contributed by atoms with Crippen LogP contribution in [-0.2, 0) is 26.7 Å². The van der Waals surface area contributed by atoms with Gasteiger partial charge in [0.05, 0.1) is 9.79 Å². The number of nitrogens with zero attached hydrogens (tertiary/aromatic N) is 6. The van der Waals surface area contributed by atoms with Gasteiger partial charge in [-0.1, -0.05) is 103 Å². The summed E-state index contributed by atoms with van der Waals surface area (Å²) in [5.41, 5.74) is 3.24. The molecule has 8 aromatic rings. The second kappa shape index (κ2) is 22.4. The Balaban J connectivity index is 0.00000360. The number of nitrogens with one attached hydrogen (secondary N) is 5. The topological polar surface area (TPSA) is 252 Å². The summed E-state index contributed by atoms with van der Waals surface area (Å²) in [6.45, 7) is 0. The zero-order valence-corrected chi connectivity index (χ0v) is 41.0. The first-order chi connectivity index (χ1) is 30.9. The van der Waals surface area contributed by atoms with Crippen LogP contribution in [0.25, 0.3) is 12.2 Å². The second-order valence-corrected chi connectivity index (χ2v) is 16.5. The van der Waals surface area contributed by atoms with E-state index < -0.39 is 30.0 Å². The number of rotatable bonds is 16. The zero-order valence-electron chi connectivity index (χ0n) is 35.3. The molecule has 66 heavy (non-hydrogen) atoms. The van der Waals surface area contributed by atoms with E-state index in [4.69, 9.17) is 0 Å². The first-order valence-electron chi connectivity index (χ1n) is 19.3. The van der Waals surface area contributed by atoms with Gasteiger partial charge in [0.2, 0.25) is 29.7 Å². The Kier molecular flexibility index (Phi) is 16.7. The maximum Gasteiger partial charge on any atom is 1.00 e. The average Bonchev–Trinajstić information content (AvgIpc) is 3.27. The first-order valence-corrected chi connectivity index (χ1v) is 22.1. The molecule has 0 radical (unpaired) electrons. The van der Waals surface area contributed by atoms with Gasteiger partial charge in [-0.25, -0.2) is 16.8 Å². The van der Waals surface area contributed by atoms with Crippen LogP contribution >= 0.6 is 0 Å². The van der Waals surface area contributed by atoms with E-state index in [0.717, 1.165) is 17.4 Å². The fraction of sp³-hybridized carbons (Fsp3) is 0.0222. The van der Waals surface area contributed by atoms with Crippen LogP contribution in [0.1, 0.15) is 22.5 Å². The molecule has 0 aliphatic carbocycles. The molecule has 0 saturated heterocycles. The molecule has 5 N–H and O–H groups in total. The molecule has 2 aromatic heterocycles. The smallest absolute Gasteiger partial charge is 0.744 e. The van der Waals surface area contributed by atoms with Crippen LogP contribution in [0.15, 0.2) is 168 Å². The van der Waals surface area contributed by atoms with Crippen LogP contribution < -0.4 is 85.7 Å². The number of para-hydroxylation sites is 4. The van der Waals surface area contributed by atoms with Crippen molar-refractivity contribution in [2.45, 2.75) is 16.2 Å². The van der Waals surface area contributed by atoms with Gasteiger partial charge in [-0.2, -0.15) is 29.9 Å². The van der Waals surface area contributed by atoms with E-state index in [9.17, 15) is 25.9 Å². The maximum atomic E-state index is 12.7. The zero-order chi connectivity index (χ0) is 44.5. The predicted octanol–water partition coefficient (Wildman–Crippen LogP) is 2.35. The van der Waals surface area contributed by atoms with Crippen molar-refractivity contribution >= 4 is 90.6 Å². The monoisotopic (exact) mass is 935 g/mol. The van der Waals surface area contributed by atoms with Gasteiger partial charge in [-0.15, -0.1) is 0 Å². The summed E-state index contributed by atoms with van der Waals surface area (Å²) >= 11 is 0. The van der Waals surface area contributed by atoms with Crippen molar-refractivity contribution in [1.29, 1.82) is 0 Å². The van der Waals surface area contributed by atoms with Crippen molar-refractivity contribution < 1.29 is 85.1 Å². The van der Waals surface area contributed by atoms with E-state index >= 15 is 0 Å². The Morgan fingerprint density at radius 3 is 1.08 bits per heavy atom. The summed E-state index contributed by atoms with van der Waals surface area (Å²) in [4.78, 5) is 25.7. The van der Waals surface area contributed by atoms with Gasteiger partial charge in [-0.05, 0) is 83.4 Å². The third-order valence-corrected chi connectivity index (χ3v) is 10.9. The molecule has 21 heteroatoms. The maximum absolute atomic E-state index is 12.7. The van der Waals surface area contributed by atoms with Gasteiger partial charge < -0.3 is 35.7 Å². The van der Waals surface area contributed by atoms with Crippen LogP contribution in [0, 0.1) is 0 Å². The Bertz CT molecular complexity index is 2850. The van der Waals surface area contributed by atoms with Crippen LogP contribution in [0.3, 0.4) is 0 Å². The summed E-state index contributed by atoms with van der Waals surface area (Å²) in [7, 11) is -10.2. The molecule has 0 unspecified atom stereocenters. The van der Waals surface area contributed by atoms with Gasteiger partial charge in [0.25, 0.3) is 0 Å². The summed E-state index contributed by atoms with van der Waals surface area (Å²) < 4.78 is 75.8. The quantitative estimate of drug-likeness (QED) is 0.0530. The van der Waals surface area contributed by atoms with Crippen molar-refractivity contribution in [2.24, 2.45) is 0 Å². The second-order valence-electron chi connectivity index (χ2n) is 13.8. The molecule has 6 aromatic carbocycles. The van der Waals surface area contributed by atoms with Crippen LogP contribution in [0.4, 0.5) is 58.2 Å². The molecule has 0 saturated carbocycles. The molecule has 0 bridgehead atoms. The molecule has 2 heterocycles. The van der Waals surface area contributed by atoms with Crippen molar-refractivity contribution in [3.05, 3.63) is 180 Å². The molecular formula is C45H35N11Na2O6S2. The molecule has 0 atom stereocenters. The van der Waals surface area contributed by atoms with Crippen molar-refractivity contribution in [2.75, 3.05) is 26.6 Å². The van der Waals surface area contributed by atoms with Crippen LogP contribution in [0.2, 0.25) is 0 Å². The minimum Gasteiger partial charge on any atom is -0.744 e. The summed E-state index contributed by atoms with van der Waals surface area (Å²) in [6.07, 6.45) is 2.48. The standard InChI is InChI=1S/C45H37N11O6S2.2Na/c57-63(58,59)38-27-30(28-40-51-41(46-33-13-5-1-6-14-33)53-42(52-40)47-34-15-7-2-8-16-34)21-22-31(38)23-24-32-25-26-37(29-39(32)64(60,61)62)50-45-55-43(48-35-17-9-3-10-18-35)54-44(56-45)49-36-19-11-4-12-20-36;;/h1-27,29H,28H2,(H,57,58,59)(H,60,61,62)(H2,46,47,51,52,53)(H3,48,49,50,54,55,56);;/q;2*+1/p-2/b24-23+;;. The first kappa shape index (κ1) is 49.3. The van der Waals surface area contributed by atoms with Crippen LogP contribution in [0.5, 0.6) is 0 Å². The number of anilines is 10. The Morgan fingerprint density at radius 2 is 0.712 bits per heavy atom. The fourth-order valence-corrected chi connectivity index (χ4v) is 7.67. The van der Waals surface area contributed by atoms with Gasteiger partial charge in [-0.3, -0.25) is 0 Å². The van der Waals surface area contributed by atoms with Gasteiger partial charge in [0.15, 0.2) is 0 Å². The molecule has 17 nitrogen and oxygen atoms in total. The van der Waals surface area contributed by atoms with Crippen molar-refractivity contribution in [3.8, 4) is 0 Å².